The van der Waals surface area contributed by atoms with Gasteiger partial charge in [0.25, 0.3) is 5.91 Å². The van der Waals surface area contributed by atoms with E-state index in [1.54, 1.807) is 0 Å². The maximum absolute atomic E-state index is 14.6. The number of nitriles is 1. The van der Waals surface area contributed by atoms with E-state index in [4.69, 9.17) is 5.26 Å². The quantitative estimate of drug-likeness (QED) is 0.627. The molecule has 0 unspecified atom stereocenters. The fraction of sp³-hybridized carbons (Fsp3) is 0.571. The molecule has 1 fully saturated rings. The van der Waals surface area contributed by atoms with E-state index in [1.807, 2.05) is 0 Å². The molecule has 1 heterocycles. The molecule has 0 saturated heterocycles. The maximum Gasteiger partial charge on any atom is 0.384 e. The van der Waals surface area contributed by atoms with Gasteiger partial charge >= 0.3 is 35.3 Å². The summed E-state index contributed by atoms with van der Waals surface area (Å²) in [7, 11) is 0. The number of rotatable bonds is 2. The van der Waals surface area contributed by atoms with Gasteiger partial charge in [0.15, 0.2) is 0 Å². The zero-order valence-corrected chi connectivity index (χ0v) is 14.7. The van der Waals surface area contributed by atoms with Gasteiger partial charge in [-0.3, -0.25) is 4.79 Å². The lowest BCUT2D eigenvalue weighted by molar-refractivity contribution is -0.475. The first-order valence-corrected chi connectivity index (χ1v) is 7.98. The van der Waals surface area contributed by atoms with E-state index in [9.17, 15) is 53.1 Å². The van der Waals surface area contributed by atoms with Crippen molar-refractivity contribution in [3.8, 4) is 6.07 Å². The minimum absolute atomic E-state index is 0.0464. The summed E-state index contributed by atoms with van der Waals surface area (Å²) >= 11 is 0.322. The number of aryl methyl sites for hydroxylation is 1. The second kappa shape index (κ2) is 5.96. The zero-order chi connectivity index (χ0) is 23.0. The van der Waals surface area contributed by atoms with Gasteiger partial charge in [-0.25, -0.2) is 4.39 Å². The van der Waals surface area contributed by atoms with E-state index in [-0.39, 0.29) is 10.4 Å². The second-order valence-corrected chi connectivity index (χ2v) is 7.31. The van der Waals surface area contributed by atoms with Crippen molar-refractivity contribution in [3.63, 3.8) is 0 Å². The highest BCUT2D eigenvalue weighted by molar-refractivity contribution is 7.16. The third kappa shape index (κ3) is 2.32. The predicted molar refractivity (Wildman–Crippen MR) is 75.7 cm³/mol. The second-order valence-electron chi connectivity index (χ2n) is 6.08. The van der Waals surface area contributed by atoms with Crippen molar-refractivity contribution in [2.45, 2.75) is 49.1 Å². The largest absolute Gasteiger partial charge is 0.384 e. The molecule has 1 amide bonds. The SMILES string of the molecule is Cc1sc(NC(=O)C2(F)C(F)(F)C(F)(F)C(F)(F)C(F)(F)C2(F)F)c(C#N)c1C. The minimum atomic E-state index is -7.41. The molecule has 2 rings (SSSR count). The van der Waals surface area contributed by atoms with E-state index in [0.29, 0.717) is 11.3 Å². The van der Waals surface area contributed by atoms with E-state index in [0.717, 1.165) is 5.32 Å². The Morgan fingerprint density at radius 2 is 1.21 bits per heavy atom. The van der Waals surface area contributed by atoms with Crippen molar-refractivity contribution >= 4 is 22.2 Å². The van der Waals surface area contributed by atoms with Gasteiger partial charge in [0, 0.05) is 4.88 Å². The third-order valence-corrected chi connectivity index (χ3v) is 5.60. The smallest absolute Gasteiger partial charge is 0.313 e. The van der Waals surface area contributed by atoms with Gasteiger partial charge < -0.3 is 5.32 Å². The standard InChI is InChI=1S/C14H7F11N2OS/c1-4-5(2)29-7(6(4)3-26)27-8(28)9(15)10(16,17)12(20,21)14(24,25)13(22,23)11(9,18)19/h1-2H3,(H,27,28). The van der Waals surface area contributed by atoms with Crippen LogP contribution >= 0.6 is 11.3 Å². The molecule has 1 aromatic rings. The molecule has 1 aliphatic rings. The number of nitrogens with one attached hydrogen (secondary N) is 1. The van der Waals surface area contributed by atoms with E-state index in [1.165, 1.54) is 19.9 Å². The number of carbonyl (C=O) groups is 1. The van der Waals surface area contributed by atoms with Crippen molar-refractivity contribution in [2.24, 2.45) is 0 Å². The number of thiophene rings is 1. The Bertz CT molecular complexity index is 885. The number of anilines is 1. The molecule has 29 heavy (non-hydrogen) atoms. The van der Waals surface area contributed by atoms with Crippen LogP contribution in [0, 0.1) is 25.2 Å². The van der Waals surface area contributed by atoms with E-state index < -0.39 is 51.8 Å². The number of hydrogen-bond acceptors (Lipinski definition) is 3. The van der Waals surface area contributed by atoms with Gasteiger partial charge in [-0.2, -0.15) is 49.2 Å². The Morgan fingerprint density at radius 3 is 1.59 bits per heavy atom. The molecular weight excluding hydrogens is 453 g/mol. The summed E-state index contributed by atoms with van der Waals surface area (Å²) in [6.07, 6.45) is 0. The van der Waals surface area contributed by atoms with Crippen molar-refractivity contribution < 1.29 is 53.1 Å². The van der Waals surface area contributed by atoms with Crippen LogP contribution in [0.2, 0.25) is 0 Å². The highest BCUT2D eigenvalue weighted by Gasteiger charge is 3.02. The average Bonchev–Trinajstić information content (AvgIpc) is 2.85. The number of alkyl halides is 11. The van der Waals surface area contributed by atoms with Crippen LogP contribution in [0.1, 0.15) is 16.0 Å². The normalized spacial score (nSPS) is 25.1. The van der Waals surface area contributed by atoms with Crippen molar-refractivity contribution in [1.82, 2.24) is 0 Å². The average molecular weight is 460 g/mol. The Morgan fingerprint density at radius 1 is 0.828 bits per heavy atom. The Hall–Kier alpha value is -2.11. The van der Waals surface area contributed by atoms with Crippen LogP contribution in [-0.4, -0.2) is 41.2 Å². The number of hydrogen-bond donors (Lipinski definition) is 1. The van der Waals surface area contributed by atoms with Crippen molar-refractivity contribution in [2.75, 3.05) is 5.32 Å². The first kappa shape index (κ1) is 23.2. The highest BCUT2D eigenvalue weighted by Crippen LogP contribution is 2.69. The molecule has 1 aliphatic carbocycles. The fourth-order valence-electron chi connectivity index (χ4n) is 2.55. The first-order chi connectivity index (χ1) is 12.8. The lowest BCUT2D eigenvalue weighted by atomic mass is 9.71. The lowest BCUT2D eigenvalue weighted by Crippen LogP contribution is -2.86. The molecule has 162 valence electrons. The molecule has 0 atom stereocenters. The summed E-state index contributed by atoms with van der Waals surface area (Å²) in [4.78, 5) is 12.0. The number of amides is 1. The van der Waals surface area contributed by atoms with Crippen LogP contribution in [-0.2, 0) is 4.79 Å². The van der Waals surface area contributed by atoms with Crippen LogP contribution in [0.3, 0.4) is 0 Å². The Kier molecular flexibility index (Phi) is 4.76. The van der Waals surface area contributed by atoms with Crippen LogP contribution in [0.4, 0.5) is 53.3 Å². The Balaban J connectivity index is 2.73. The topological polar surface area (TPSA) is 52.9 Å². The molecule has 3 nitrogen and oxygen atoms in total. The van der Waals surface area contributed by atoms with E-state index >= 15 is 0 Å². The summed E-state index contributed by atoms with van der Waals surface area (Å²) in [5.41, 5.74) is -7.34. The summed E-state index contributed by atoms with van der Waals surface area (Å²) in [5, 5.41) is 8.97. The van der Waals surface area contributed by atoms with Gasteiger partial charge in [0.05, 0.1) is 5.56 Å². The number of nitrogens with zero attached hydrogens (tertiary/aromatic N) is 1. The molecule has 1 saturated carbocycles. The molecule has 0 aliphatic heterocycles. The fourth-order valence-corrected chi connectivity index (χ4v) is 3.55. The van der Waals surface area contributed by atoms with Crippen molar-refractivity contribution in [1.29, 1.82) is 5.26 Å². The summed E-state index contributed by atoms with van der Waals surface area (Å²) in [5.74, 6) is -40.1. The summed E-state index contributed by atoms with van der Waals surface area (Å²) < 4.78 is 150. The number of halogens is 11. The molecule has 15 heteroatoms. The summed E-state index contributed by atoms with van der Waals surface area (Å²) in [6.45, 7) is 2.49. The first-order valence-electron chi connectivity index (χ1n) is 7.16. The minimum Gasteiger partial charge on any atom is -0.313 e. The molecular formula is C14H7F11N2OS. The predicted octanol–water partition coefficient (Wildman–Crippen LogP) is 5.07. The van der Waals surface area contributed by atoms with Crippen LogP contribution in [0.15, 0.2) is 0 Å². The lowest BCUT2D eigenvalue weighted by Gasteiger charge is -2.51. The molecule has 0 bridgehead atoms. The molecule has 1 N–H and O–H groups in total. The Labute approximate surface area is 158 Å². The van der Waals surface area contributed by atoms with Gasteiger partial charge in [0.2, 0.25) is 0 Å². The monoisotopic (exact) mass is 460 g/mol. The molecule has 1 aromatic heterocycles. The van der Waals surface area contributed by atoms with Crippen molar-refractivity contribution in [3.05, 3.63) is 16.0 Å². The molecule has 0 aromatic carbocycles. The van der Waals surface area contributed by atoms with E-state index in [2.05, 4.69) is 0 Å². The number of carbonyl (C=O) groups excluding carboxylic acids is 1. The zero-order valence-electron chi connectivity index (χ0n) is 13.9. The van der Waals surface area contributed by atoms with Gasteiger partial charge in [-0.1, -0.05) is 0 Å². The van der Waals surface area contributed by atoms with Gasteiger partial charge in [-0.15, -0.1) is 11.3 Å². The van der Waals surface area contributed by atoms with Crippen LogP contribution < -0.4 is 5.32 Å². The summed E-state index contributed by atoms with van der Waals surface area (Å²) in [6, 6.07) is 1.37. The van der Waals surface area contributed by atoms with Gasteiger partial charge in [-0.05, 0) is 19.4 Å². The third-order valence-electron chi connectivity index (χ3n) is 4.48. The maximum atomic E-state index is 14.6. The van der Waals surface area contributed by atoms with Crippen LogP contribution in [0.5, 0.6) is 0 Å². The highest BCUT2D eigenvalue weighted by atomic mass is 32.1. The molecule has 0 spiro atoms. The molecule has 0 radical (unpaired) electrons. The van der Waals surface area contributed by atoms with Gasteiger partial charge in [0.1, 0.15) is 11.1 Å². The van der Waals surface area contributed by atoms with Crippen LogP contribution in [0.25, 0.3) is 0 Å².